The van der Waals surface area contributed by atoms with Gasteiger partial charge in [0.2, 0.25) is 5.91 Å². The fraction of sp³-hybridized carbons (Fsp3) is 0.348. The molecule has 1 amide bonds. The second-order valence-electron chi connectivity index (χ2n) is 7.54. The topological polar surface area (TPSA) is 82.1 Å². The Morgan fingerprint density at radius 1 is 1.07 bits per heavy atom. The van der Waals surface area contributed by atoms with Crippen LogP contribution < -0.4 is 14.4 Å². The lowest BCUT2D eigenvalue weighted by Gasteiger charge is -2.13. The van der Waals surface area contributed by atoms with Crippen LogP contribution in [0.1, 0.15) is 40.1 Å². The second-order valence-corrected chi connectivity index (χ2v) is 7.54. The number of hydrogen-bond acceptors (Lipinski definition) is 6. The Bertz CT molecular complexity index is 982. The smallest absolute Gasteiger partial charge is 0.338 e. The average molecular weight is 411 g/mol. The molecule has 158 valence electrons. The first-order valence-electron chi connectivity index (χ1n) is 9.70. The van der Waals surface area contributed by atoms with Crippen molar-refractivity contribution in [1.29, 1.82) is 0 Å². The molecule has 0 aromatic heterocycles. The third kappa shape index (κ3) is 4.62. The van der Waals surface area contributed by atoms with Gasteiger partial charge in [-0.05, 0) is 47.9 Å². The molecule has 7 nitrogen and oxygen atoms in total. The Labute approximate surface area is 175 Å². The molecule has 1 aliphatic heterocycles. The summed E-state index contributed by atoms with van der Waals surface area (Å²) in [5, 5.41) is 0. The fourth-order valence-corrected chi connectivity index (χ4v) is 3.11. The van der Waals surface area contributed by atoms with Crippen molar-refractivity contribution in [1.82, 2.24) is 0 Å². The highest BCUT2D eigenvalue weighted by Gasteiger charge is 2.25. The van der Waals surface area contributed by atoms with Gasteiger partial charge in [0.05, 0.1) is 25.7 Å². The van der Waals surface area contributed by atoms with Crippen molar-refractivity contribution in [3.63, 3.8) is 0 Å². The van der Waals surface area contributed by atoms with Gasteiger partial charge in [0.1, 0.15) is 0 Å². The van der Waals surface area contributed by atoms with E-state index in [0.29, 0.717) is 29.6 Å². The third-order valence-corrected chi connectivity index (χ3v) is 4.78. The second kappa shape index (κ2) is 8.98. The molecule has 1 heterocycles. The molecule has 0 saturated heterocycles. The summed E-state index contributed by atoms with van der Waals surface area (Å²) in [6.07, 6.45) is 0.262. The van der Waals surface area contributed by atoms with E-state index in [4.69, 9.17) is 14.2 Å². The summed E-state index contributed by atoms with van der Waals surface area (Å²) in [5.41, 5.74) is 2.25. The first-order chi connectivity index (χ1) is 14.3. The van der Waals surface area contributed by atoms with Crippen LogP contribution in [0.3, 0.4) is 0 Å². The number of amides is 1. The van der Waals surface area contributed by atoms with Crippen LogP contribution in [0.2, 0.25) is 0 Å². The number of methoxy groups -OCH3 is 1. The Balaban J connectivity index is 1.63. The summed E-state index contributed by atoms with van der Waals surface area (Å²) < 4.78 is 16.1. The van der Waals surface area contributed by atoms with Crippen molar-refractivity contribution in [2.24, 2.45) is 5.92 Å². The Morgan fingerprint density at radius 2 is 1.80 bits per heavy atom. The fourth-order valence-electron chi connectivity index (χ4n) is 3.11. The molecule has 0 fully saturated rings. The van der Waals surface area contributed by atoms with Gasteiger partial charge in [0.15, 0.2) is 23.9 Å². The minimum atomic E-state index is -0.631. The highest BCUT2D eigenvalue weighted by atomic mass is 16.5. The van der Waals surface area contributed by atoms with Crippen molar-refractivity contribution in [3.8, 4) is 11.5 Å². The molecule has 0 unspecified atom stereocenters. The first kappa shape index (κ1) is 21.4. The lowest BCUT2D eigenvalue weighted by Crippen LogP contribution is -2.20. The number of nitrogens with zero attached hydrogens (tertiary/aromatic N) is 1. The molecule has 0 bridgehead atoms. The van der Waals surface area contributed by atoms with Gasteiger partial charge in [-0.15, -0.1) is 0 Å². The molecule has 30 heavy (non-hydrogen) atoms. The molecular formula is C23H25NO6. The highest BCUT2D eigenvalue weighted by Crippen LogP contribution is 2.30. The zero-order chi connectivity index (χ0) is 21.8. The van der Waals surface area contributed by atoms with Gasteiger partial charge < -0.3 is 19.1 Å². The number of ether oxygens (including phenoxy) is 3. The molecule has 1 aliphatic rings. The van der Waals surface area contributed by atoms with Crippen LogP contribution in [0.15, 0.2) is 36.4 Å². The van der Waals surface area contributed by atoms with E-state index in [0.717, 1.165) is 11.3 Å². The largest absolute Gasteiger partial charge is 0.493 e. The molecule has 7 heteroatoms. The normalized spacial score (nSPS) is 12.7. The van der Waals surface area contributed by atoms with E-state index in [1.54, 1.807) is 42.3 Å². The zero-order valence-corrected chi connectivity index (χ0v) is 17.6. The van der Waals surface area contributed by atoms with Crippen molar-refractivity contribution in [2.75, 3.05) is 32.3 Å². The Morgan fingerprint density at radius 3 is 2.50 bits per heavy atom. The van der Waals surface area contributed by atoms with E-state index in [1.165, 1.54) is 13.2 Å². The molecule has 2 aromatic rings. The van der Waals surface area contributed by atoms with Crippen LogP contribution in [0.4, 0.5) is 5.69 Å². The summed E-state index contributed by atoms with van der Waals surface area (Å²) in [6.45, 7) is 4.20. The minimum absolute atomic E-state index is 0.0178. The molecule has 3 rings (SSSR count). The van der Waals surface area contributed by atoms with Gasteiger partial charge in [-0.2, -0.15) is 0 Å². The summed E-state index contributed by atoms with van der Waals surface area (Å²) in [5.74, 6) is 0.323. The summed E-state index contributed by atoms with van der Waals surface area (Å²) in [7, 11) is 3.19. The van der Waals surface area contributed by atoms with Gasteiger partial charge in [-0.25, -0.2) is 4.79 Å². The lowest BCUT2D eigenvalue weighted by atomic mass is 10.1. The number of hydrogen-bond donors (Lipinski definition) is 0. The summed E-state index contributed by atoms with van der Waals surface area (Å²) in [6, 6.07) is 9.79. The van der Waals surface area contributed by atoms with Crippen LogP contribution >= 0.6 is 0 Å². The van der Waals surface area contributed by atoms with Gasteiger partial charge in [0.25, 0.3) is 0 Å². The van der Waals surface area contributed by atoms with Crippen LogP contribution in [0, 0.1) is 5.92 Å². The maximum atomic E-state index is 12.4. The van der Waals surface area contributed by atoms with Crippen LogP contribution in [-0.2, 0) is 16.0 Å². The molecular weight excluding hydrogens is 386 g/mol. The van der Waals surface area contributed by atoms with E-state index in [1.807, 2.05) is 13.8 Å². The van der Waals surface area contributed by atoms with Crippen molar-refractivity contribution < 1.29 is 28.6 Å². The quantitative estimate of drug-likeness (QED) is 0.490. The van der Waals surface area contributed by atoms with E-state index < -0.39 is 12.6 Å². The SMILES string of the molecule is COc1cc(C(=O)OCC(=O)c2ccc3c(c2)CC(=O)N3C)ccc1OCC(C)C. The molecule has 0 atom stereocenters. The predicted molar refractivity (Wildman–Crippen MR) is 111 cm³/mol. The first-order valence-corrected chi connectivity index (χ1v) is 9.70. The maximum Gasteiger partial charge on any atom is 0.338 e. The maximum absolute atomic E-state index is 12.4. The number of rotatable bonds is 8. The molecule has 0 aliphatic carbocycles. The predicted octanol–water partition coefficient (Wildman–Crippen LogP) is 3.29. The van der Waals surface area contributed by atoms with Crippen LogP contribution in [-0.4, -0.2) is 45.0 Å². The Kier molecular flexibility index (Phi) is 6.40. The number of benzene rings is 2. The average Bonchev–Trinajstić information content (AvgIpc) is 3.02. The highest BCUT2D eigenvalue weighted by molar-refractivity contribution is 6.04. The lowest BCUT2D eigenvalue weighted by molar-refractivity contribution is -0.117. The van der Waals surface area contributed by atoms with Gasteiger partial charge >= 0.3 is 5.97 Å². The molecule has 2 aromatic carbocycles. The third-order valence-electron chi connectivity index (χ3n) is 4.78. The molecule has 0 saturated carbocycles. The number of carbonyl (C=O) groups excluding carboxylic acids is 3. The van der Waals surface area contributed by atoms with Crippen LogP contribution in [0.25, 0.3) is 0 Å². The summed E-state index contributed by atoms with van der Waals surface area (Å²) in [4.78, 5) is 38.2. The van der Waals surface area contributed by atoms with E-state index in [-0.39, 0.29) is 23.7 Å². The molecule has 0 spiro atoms. The number of Topliss-reactive ketones (excluding diaryl/α,β-unsaturated/α-hetero) is 1. The van der Waals surface area contributed by atoms with Gasteiger partial charge in [-0.1, -0.05) is 13.8 Å². The van der Waals surface area contributed by atoms with Crippen molar-refractivity contribution in [3.05, 3.63) is 53.1 Å². The number of esters is 1. The number of fused-ring (bicyclic) bond motifs is 1. The van der Waals surface area contributed by atoms with E-state index >= 15 is 0 Å². The number of anilines is 1. The van der Waals surface area contributed by atoms with Crippen molar-refractivity contribution >= 4 is 23.3 Å². The summed E-state index contributed by atoms with van der Waals surface area (Å²) >= 11 is 0. The number of carbonyl (C=O) groups is 3. The van der Waals surface area contributed by atoms with Crippen molar-refractivity contribution in [2.45, 2.75) is 20.3 Å². The van der Waals surface area contributed by atoms with E-state index in [9.17, 15) is 14.4 Å². The van der Waals surface area contributed by atoms with E-state index in [2.05, 4.69) is 0 Å². The van der Waals surface area contributed by atoms with Gasteiger partial charge in [-0.3, -0.25) is 9.59 Å². The molecule has 0 radical (unpaired) electrons. The minimum Gasteiger partial charge on any atom is -0.493 e. The van der Waals surface area contributed by atoms with Crippen LogP contribution in [0.5, 0.6) is 11.5 Å². The van der Waals surface area contributed by atoms with Gasteiger partial charge in [0, 0.05) is 18.3 Å². The standard InChI is InChI=1S/C23H25NO6/c1-14(2)12-29-20-8-6-16(10-21(20)28-4)23(27)30-13-19(25)15-5-7-18-17(9-15)11-22(26)24(18)3/h5-10,14H,11-13H2,1-4H3. The number of ketones is 1. The molecule has 0 N–H and O–H groups in total. The monoisotopic (exact) mass is 411 g/mol. The number of likely N-dealkylation sites (N-methyl/N-ethyl adjacent to an activating group) is 1. The Hall–Kier alpha value is -3.35. The zero-order valence-electron chi connectivity index (χ0n) is 17.6.